The summed E-state index contributed by atoms with van der Waals surface area (Å²) in [5.74, 6) is 2.08. The highest BCUT2D eigenvalue weighted by molar-refractivity contribution is 5.76. The first-order chi connectivity index (χ1) is 15.1. The van der Waals surface area contributed by atoms with Gasteiger partial charge in [-0.25, -0.2) is 4.39 Å². The fourth-order valence-corrected chi connectivity index (χ4v) is 3.93. The number of methoxy groups -OCH3 is 1. The molecule has 3 aromatic rings. The van der Waals surface area contributed by atoms with Gasteiger partial charge >= 0.3 is 0 Å². The molecule has 0 spiro atoms. The number of rotatable bonds is 7. The molecule has 2 heterocycles. The van der Waals surface area contributed by atoms with E-state index in [-0.39, 0.29) is 11.7 Å². The first-order valence-corrected chi connectivity index (χ1v) is 10.6. The zero-order valence-electron chi connectivity index (χ0n) is 17.6. The van der Waals surface area contributed by atoms with Crippen molar-refractivity contribution < 1.29 is 18.4 Å². The molecule has 0 atom stereocenters. The number of nitrogens with zero attached hydrogens (tertiary/aromatic N) is 3. The van der Waals surface area contributed by atoms with Gasteiger partial charge in [-0.3, -0.25) is 4.79 Å². The van der Waals surface area contributed by atoms with Gasteiger partial charge in [0.05, 0.1) is 7.11 Å². The van der Waals surface area contributed by atoms with Gasteiger partial charge in [0.1, 0.15) is 11.6 Å². The first-order valence-electron chi connectivity index (χ1n) is 10.6. The average molecular weight is 423 g/mol. The van der Waals surface area contributed by atoms with Crippen molar-refractivity contribution >= 4 is 5.91 Å². The Morgan fingerprint density at radius 1 is 1.13 bits per heavy atom. The fraction of sp³-hybridized carbons (Fsp3) is 0.375. The third kappa shape index (κ3) is 5.48. The molecule has 6 nitrogen and oxygen atoms in total. The summed E-state index contributed by atoms with van der Waals surface area (Å²) in [5, 5.41) is 3.93. The van der Waals surface area contributed by atoms with E-state index in [4.69, 9.17) is 9.26 Å². The summed E-state index contributed by atoms with van der Waals surface area (Å²) in [6.45, 7) is 1.56. The fourth-order valence-electron chi connectivity index (χ4n) is 3.93. The van der Waals surface area contributed by atoms with E-state index >= 15 is 0 Å². The summed E-state index contributed by atoms with van der Waals surface area (Å²) in [7, 11) is 1.67. The van der Waals surface area contributed by atoms with Crippen LogP contribution in [0.2, 0.25) is 0 Å². The van der Waals surface area contributed by atoms with Crippen molar-refractivity contribution in [2.75, 3.05) is 20.2 Å². The Balaban J connectivity index is 1.22. The number of aryl methyl sites for hydroxylation is 1. The van der Waals surface area contributed by atoms with Crippen molar-refractivity contribution in [3.05, 3.63) is 65.8 Å². The molecule has 1 aromatic heterocycles. The lowest BCUT2D eigenvalue weighted by atomic mass is 9.90. The largest absolute Gasteiger partial charge is 0.497 e. The number of aromatic nitrogens is 2. The number of halogens is 1. The maximum Gasteiger partial charge on any atom is 0.227 e. The first kappa shape index (κ1) is 21.0. The van der Waals surface area contributed by atoms with Gasteiger partial charge in [0, 0.05) is 31.5 Å². The van der Waals surface area contributed by atoms with Crippen LogP contribution in [0.1, 0.15) is 30.7 Å². The molecule has 0 radical (unpaired) electrons. The van der Waals surface area contributed by atoms with Gasteiger partial charge in [-0.15, -0.1) is 0 Å². The molecule has 4 rings (SSSR count). The number of likely N-dealkylation sites (tertiary alicyclic amines) is 1. The molecule has 1 fully saturated rings. The molecule has 7 heteroatoms. The zero-order chi connectivity index (χ0) is 21.6. The van der Waals surface area contributed by atoms with Gasteiger partial charge in [-0.1, -0.05) is 17.3 Å². The number of ether oxygens (including phenoxy) is 1. The molecule has 162 valence electrons. The predicted octanol–water partition coefficient (Wildman–Crippen LogP) is 4.30. The summed E-state index contributed by atoms with van der Waals surface area (Å²) in [6, 6.07) is 14.1. The lowest BCUT2D eigenvalue weighted by Gasteiger charge is -2.32. The van der Waals surface area contributed by atoms with Crippen LogP contribution in [0.5, 0.6) is 5.75 Å². The second-order valence-electron chi connectivity index (χ2n) is 7.89. The van der Waals surface area contributed by atoms with Gasteiger partial charge in [0.25, 0.3) is 0 Å². The average Bonchev–Trinajstić information content (AvgIpc) is 3.28. The lowest BCUT2D eigenvalue weighted by Crippen LogP contribution is -2.39. The highest BCUT2D eigenvalue weighted by atomic mass is 19.1. The standard InChI is InChI=1S/C24H26FN3O3/c1-30-21-8-2-17(3-9-21)16-18-12-14-28(15-13-18)23(29)11-10-22-26-24(27-31-22)19-4-6-20(25)7-5-19/h2-9,18H,10-16H2,1H3. The number of carbonyl (C=O) groups is 1. The van der Waals surface area contributed by atoms with E-state index < -0.39 is 0 Å². The van der Waals surface area contributed by atoms with E-state index in [1.54, 1.807) is 19.2 Å². The Bertz CT molecular complexity index is 994. The molecule has 1 aliphatic heterocycles. The van der Waals surface area contributed by atoms with Crippen molar-refractivity contribution in [2.45, 2.75) is 32.1 Å². The van der Waals surface area contributed by atoms with Gasteiger partial charge in [-0.2, -0.15) is 4.98 Å². The van der Waals surface area contributed by atoms with E-state index in [1.807, 2.05) is 17.0 Å². The number of benzene rings is 2. The number of carbonyl (C=O) groups excluding carboxylic acids is 1. The minimum atomic E-state index is -0.314. The molecule has 2 aromatic carbocycles. The van der Waals surface area contributed by atoms with Gasteiger partial charge in [0.2, 0.25) is 17.6 Å². The minimum absolute atomic E-state index is 0.115. The molecule has 0 N–H and O–H groups in total. The molecule has 0 saturated carbocycles. The Kier molecular flexibility index (Phi) is 6.60. The van der Waals surface area contributed by atoms with Crippen molar-refractivity contribution in [1.29, 1.82) is 0 Å². The molecular formula is C24H26FN3O3. The Morgan fingerprint density at radius 3 is 2.52 bits per heavy atom. The van der Waals surface area contributed by atoms with Crippen LogP contribution in [0.25, 0.3) is 11.4 Å². The summed E-state index contributed by atoms with van der Waals surface area (Å²) in [5.41, 5.74) is 1.99. The van der Waals surface area contributed by atoms with E-state index in [0.717, 1.165) is 38.1 Å². The third-order valence-corrected chi connectivity index (χ3v) is 5.77. The summed E-state index contributed by atoms with van der Waals surface area (Å²) in [6.07, 6.45) is 3.78. The summed E-state index contributed by atoms with van der Waals surface area (Å²) in [4.78, 5) is 18.9. The third-order valence-electron chi connectivity index (χ3n) is 5.77. The van der Waals surface area contributed by atoms with Crippen LogP contribution in [-0.4, -0.2) is 41.1 Å². The van der Waals surface area contributed by atoms with Crippen LogP contribution < -0.4 is 4.74 Å². The van der Waals surface area contributed by atoms with E-state index in [1.165, 1.54) is 17.7 Å². The number of hydrogen-bond donors (Lipinski definition) is 0. The van der Waals surface area contributed by atoms with Crippen LogP contribution in [0.3, 0.4) is 0 Å². The topological polar surface area (TPSA) is 68.5 Å². The molecular weight excluding hydrogens is 397 g/mol. The summed E-state index contributed by atoms with van der Waals surface area (Å²) < 4.78 is 23.5. The molecule has 0 aliphatic carbocycles. The van der Waals surface area contributed by atoms with E-state index in [9.17, 15) is 9.18 Å². The van der Waals surface area contributed by atoms with Crippen LogP contribution in [-0.2, 0) is 17.6 Å². The van der Waals surface area contributed by atoms with Gasteiger partial charge in [0.15, 0.2) is 0 Å². The van der Waals surface area contributed by atoms with Crippen molar-refractivity contribution in [3.8, 4) is 17.1 Å². The van der Waals surface area contributed by atoms with Crippen LogP contribution >= 0.6 is 0 Å². The maximum atomic E-state index is 13.0. The molecule has 31 heavy (non-hydrogen) atoms. The smallest absolute Gasteiger partial charge is 0.227 e. The number of piperidine rings is 1. The monoisotopic (exact) mass is 423 g/mol. The highest BCUT2D eigenvalue weighted by Crippen LogP contribution is 2.24. The van der Waals surface area contributed by atoms with Crippen LogP contribution in [0.4, 0.5) is 4.39 Å². The van der Waals surface area contributed by atoms with Crippen molar-refractivity contribution in [1.82, 2.24) is 15.0 Å². The van der Waals surface area contributed by atoms with E-state index in [2.05, 4.69) is 22.3 Å². The minimum Gasteiger partial charge on any atom is -0.497 e. The normalized spacial score (nSPS) is 14.6. The quantitative estimate of drug-likeness (QED) is 0.567. The number of amides is 1. The lowest BCUT2D eigenvalue weighted by molar-refractivity contribution is -0.132. The SMILES string of the molecule is COc1ccc(CC2CCN(C(=O)CCc3nc(-c4ccc(F)cc4)no3)CC2)cc1. The Hall–Kier alpha value is -3.22. The van der Waals surface area contributed by atoms with Crippen LogP contribution in [0.15, 0.2) is 53.1 Å². The maximum absolute atomic E-state index is 13.0. The molecule has 1 amide bonds. The highest BCUT2D eigenvalue weighted by Gasteiger charge is 2.23. The molecule has 1 saturated heterocycles. The predicted molar refractivity (Wildman–Crippen MR) is 114 cm³/mol. The zero-order valence-corrected chi connectivity index (χ0v) is 17.6. The molecule has 0 bridgehead atoms. The van der Waals surface area contributed by atoms with Crippen molar-refractivity contribution in [3.63, 3.8) is 0 Å². The second-order valence-corrected chi connectivity index (χ2v) is 7.89. The van der Waals surface area contributed by atoms with Crippen molar-refractivity contribution in [2.24, 2.45) is 5.92 Å². The Labute approximate surface area is 181 Å². The van der Waals surface area contributed by atoms with Gasteiger partial charge in [-0.05, 0) is 67.1 Å². The molecule has 1 aliphatic rings. The number of hydrogen-bond acceptors (Lipinski definition) is 5. The summed E-state index contributed by atoms with van der Waals surface area (Å²) >= 11 is 0. The van der Waals surface area contributed by atoms with E-state index in [0.29, 0.717) is 36.0 Å². The van der Waals surface area contributed by atoms with Crippen LogP contribution in [0, 0.1) is 11.7 Å². The Morgan fingerprint density at radius 2 is 1.84 bits per heavy atom. The molecule has 0 unspecified atom stereocenters. The van der Waals surface area contributed by atoms with Gasteiger partial charge < -0.3 is 14.2 Å². The second kappa shape index (κ2) is 9.73.